The summed E-state index contributed by atoms with van der Waals surface area (Å²) in [4.78, 5) is 14.8. The largest absolute Gasteiger partial charge is 0.364 e. The Hall–Kier alpha value is 0.0300. The third-order valence-electron chi connectivity index (χ3n) is 4.66. The predicted octanol–water partition coefficient (Wildman–Crippen LogP) is 1.80. The van der Waals surface area contributed by atoms with Crippen molar-refractivity contribution in [2.24, 2.45) is 5.73 Å². The number of carbonyl (C=O) groups excluding carboxylic acids is 1. The van der Waals surface area contributed by atoms with E-state index in [1.54, 1.807) is 0 Å². The van der Waals surface area contributed by atoms with Crippen molar-refractivity contribution in [3.8, 4) is 0 Å². The predicted molar refractivity (Wildman–Crippen MR) is 84.4 cm³/mol. The first-order chi connectivity index (χ1) is 9.29. The average Bonchev–Trinajstić information content (AvgIpc) is 2.95. The highest BCUT2D eigenvalue weighted by molar-refractivity contribution is 8.00. The van der Waals surface area contributed by atoms with E-state index >= 15 is 0 Å². The Balaban J connectivity index is 0.00000147. The fraction of sp³-hybridized carbons (Fsp3) is 0.929. The molecule has 0 aromatic heterocycles. The maximum Gasteiger partial charge on any atom is 0.252 e. The molecule has 0 bridgehead atoms. The summed E-state index contributed by atoms with van der Waals surface area (Å²) in [6.45, 7) is 1.43. The number of hydrogen-bond acceptors (Lipinski definition) is 4. The summed E-state index contributed by atoms with van der Waals surface area (Å²) < 4.78 is 5.78. The molecule has 2 heterocycles. The molecule has 3 aliphatic rings. The van der Waals surface area contributed by atoms with Crippen LogP contribution in [0.5, 0.6) is 0 Å². The van der Waals surface area contributed by atoms with Gasteiger partial charge in [0.25, 0.3) is 5.91 Å². The van der Waals surface area contributed by atoms with Gasteiger partial charge in [0.15, 0.2) is 0 Å². The number of nitrogens with two attached hydrogens (primary N) is 1. The van der Waals surface area contributed by atoms with Crippen LogP contribution in [0.4, 0.5) is 0 Å². The number of hydrogen-bond donors (Lipinski definition) is 1. The molecule has 20 heavy (non-hydrogen) atoms. The van der Waals surface area contributed by atoms with Gasteiger partial charge in [-0.1, -0.05) is 12.8 Å². The van der Waals surface area contributed by atoms with Crippen molar-refractivity contribution in [3.63, 3.8) is 0 Å². The Morgan fingerprint density at radius 3 is 2.80 bits per heavy atom. The lowest BCUT2D eigenvalue weighted by Crippen LogP contribution is -2.54. The lowest BCUT2D eigenvalue weighted by Gasteiger charge is -2.44. The summed E-state index contributed by atoms with van der Waals surface area (Å²) in [5, 5.41) is 0.665. The van der Waals surface area contributed by atoms with Crippen LogP contribution in [0.1, 0.15) is 38.5 Å². The molecule has 1 amide bonds. The van der Waals surface area contributed by atoms with Gasteiger partial charge < -0.3 is 15.4 Å². The van der Waals surface area contributed by atoms with E-state index in [-0.39, 0.29) is 30.5 Å². The van der Waals surface area contributed by atoms with Gasteiger partial charge in [-0.2, -0.15) is 11.8 Å². The number of carbonyl (C=O) groups is 1. The summed E-state index contributed by atoms with van der Waals surface area (Å²) in [6, 6.07) is 0.459. The first-order valence-electron chi connectivity index (χ1n) is 7.57. The van der Waals surface area contributed by atoms with Gasteiger partial charge >= 0.3 is 0 Å². The Bertz CT molecular complexity index is 343. The number of fused-ring (bicyclic) bond motifs is 1. The first-order valence-corrected chi connectivity index (χ1v) is 8.62. The number of nitrogens with zero attached hydrogens (tertiary/aromatic N) is 1. The molecule has 4 nitrogen and oxygen atoms in total. The molecule has 116 valence electrons. The summed E-state index contributed by atoms with van der Waals surface area (Å²) in [5.74, 6) is 1.31. The third-order valence-corrected chi connectivity index (χ3v) is 6.06. The van der Waals surface area contributed by atoms with Crippen LogP contribution in [0.15, 0.2) is 0 Å². The van der Waals surface area contributed by atoms with E-state index in [2.05, 4.69) is 16.7 Å². The highest BCUT2D eigenvalue weighted by atomic mass is 35.5. The van der Waals surface area contributed by atoms with E-state index in [0.717, 1.165) is 25.1 Å². The number of ether oxygens (including phenoxy) is 1. The normalized spacial score (nSPS) is 37.1. The van der Waals surface area contributed by atoms with Crippen molar-refractivity contribution in [1.29, 1.82) is 0 Å². The highest BCUT2D eigenvalue weighted by Crippen LogP contribution is 2.36. The molecule has 4 atom stereocenters. The fourth-order valence-corrected chi connectivity index (χ4v) is 5.06. The van der Waals surface area contributed by atoms with Crippen molar-refractivity contribution < 1.29 is 9.53 Å². The molecule has 3 rings (SSSR count). The standard InChI is InChI=1S/C14H24N2O2S.ClH/c15-9-10-5-6-12(18-10)14(17)16-7-8-19-13-4-2-1-3-11(13)16;/h10-13H,1-9,15H2;1H/t10-,11?,12+,13?;/m1./s1. The van der Waals surface area contributed by atoms with Crippen LogP contribution in [-0.2, 0) is 9.53 Å². The summed E-state index contributed by atoms with van der Waals surface area (Å²) in [5.41, 5.74) is 5.63. The molecule has 2 aliphatic heterocycles. The number of thioether (sulfide) groups is 1. The number of amides is 1. The fourth-order valence-electron chi connectivity index (χ4n) is 3.62. The molecule has 2 unspecified atom stereocenters. The molecular formula is C14H25ClN2O2S. The minimum Gasteiger partial charge on any atom is -0.364 e. The van der Waals surface area contributed by atoms with Crippen molar-refractivity contribution >= 4 is 30.1 Å². The molecule has 0 radical (unpaired) electrons. The van der Waals surface area contributed by atoms with Gasteiger partial charge in [0.2, 0.25) is 0 Å². The Morgan fingerprint density at radius 1 is 1.25 bits per heavy atom. The summed E-state index contributed by atoms with van der Waals surface area (Å²) >= 11 is 2.06. The van der Waals surface area contributed by atoms with Gasteiger partial charge in [-0.05, 0) is 25.7 Å². The van der Waals surface area contributed by atoms with E-state index in [9.17, 15) is 4.79 Å². The van der Waals surface area contributed by atoms with E-state index in [1.807, 2.05) is 0 Å². The monoisotopic (exact) mass is 320 g/mol. The molecule has 0 aromatic rings. The number of rotatable bonds is 2. The maximum atomic E-state index is 12.7. The smallest absolute Gasteiger partial charge is 0.252 e. The zero-order chi connectivity index (χ0) is 13.2. The van der Waals surface area contributed by atoms with Gasteiger partial charge in [-0.15, -0.1) is 12.4 Å². The van der Waals surface area contributed by atoms with Crippen LogP contribution in [-0.4, -0.2) is 53.1 Å². The maximum absolute atomic E-state index is 12.7. The van der Waals surface area contributed by atoms with Gasteiger partial charge in [-0.3, -0.25) is 4.79 Å². The lowest BCUT2D eigenvalue weighted by molar-refractivity contribution is -0.145. The summed E-state index contributed by atoms with van der Waals surface area (Å²) in [7, 11) is 0. The zero-order valence-corrected chi connectivity index (χ0v) is 13.5. The van der Waals surface area contributed by atoms with Crippen LogP contribution in [0.25, 0.3) is 0 Å². The van der Waals surface area contributed by atoms with Crippen molar-refractivity contribution in [2.75, 3.05) is 18.8 Å². The summed E-state index contributed by atoms with van der Waals surface area (Å²) in [6.07, 6.45) is 6.69. The Labute approximate surface area is 131 Å². The van der Waals surface area contributed by atoms with Crippen LogP contribution >= 0.6 is 24.2 Å². The minimum atomic E-state index is -0.223. The highest BCUT2D eigenvalue weighted by Gasteiger charge is 2.40. The molecule has 3 fully saturated rings. The topological polar surface area (TPSA) is 55.6 Å². The van der Waals surface area contributed by atoms with Gasteiger partial charge in [0.05, 0.1) is 6.10 Å². The minimum absolute atomic E-state index is 0. The van der Waals surface area contributed by atoms with E-state index < -0.39 is 0 Å². The van der Waals surface area contributed by atoms with Crippen molar-refractivity contribution in [2.45, 2.75) is 62.0 Å². The van der Waals surface area contributed by atoms with Crippen LogP contribution in [0.3, 0.4) is 0 Å². The van der Waals surface area contributed by atoms with Gasteiger partial charge in [0, 0.05) is 30.1 Å². The molecule has 0 spiro atoms. The average molecular weight is 321 g/mol. The zero-order valence-electron chi connectivity index (χ0n) is 11.8. The van der Waals surface area contributed by atoms with Gasteiger partial charge in [0.1, 0.15) is 6.10 Å². The lowest BCUT2D eigenvalue weighted by atomic mass is 9.93. The van der Waals surface area contributed by atoms with E-state index in [4.69, 9.17) is 10.5 Å². The number of halogens is 1. The Morgan fingerprint density at radius 2 is 2.05 bits per heavy atom. The molecule has 1 saturated carbocycles. The van der Waals surface area contributed by atoms with Gasteiger partial charge in [-0.25, -0.2) is 0 Å². The van der Waals surface area contributed by atoms with Crippen molar-refractivity contribution in [1.82, 2.24) is 4.90 Å². The Kier molecular flexibility index (Phi) is 6.02. The first kappa shape index (κ1) is 16.4. The van der Waals surface area contributed by atoms with Crippen LogP contribution < -0.4 is 5.73 Å². The molecule has 0 aromatic carbocycles. The van der Waals surface area contributed by atoms with E-state index in [1.165, 1.54) is 25.7 Å². The van der Waals surface area contributed by atoms with Crippen molar-refractivity contribution in [3.05, 3.63) is 0 Å². The molecule has 2 N–H and O–H groups in total. The molecule has 2 saturated heterocycles. The second-order valence-electron chi connectivity index (χ2n) is 5.85. The quantitative estimate of drug-likeness (QED) is 0.843. The van der Waals surface area contributed by atoms with Crippen LogP contribution in [0.2, 0.25) is 0 Å². The molecule has 6 heteroatoms. The SMILES string of the molecule is Cl.NC[C@H]1CC[C@@H](C(=O)N2CCSC3CCCCC32)O1. The van der Waals surface area contributed by atoms with Crippen LogP contribution in [0, 0.1) is 0 Å². The van der Waals surface area contributed by atoms with E-state index in [0.29, 0.717) is 17.8 Å². The second-order valence-corrected chi connectivity index (χ2v) is 7.20. The molecule has 1 aliphatic carbocycles. The molecular weight excluding hydrogens is 296 g/mol. The second kappa shape index (κ2) is 7.34. The third kappa shape index (κ3) is 3.26.